The Labute approximate surface area is 264 Å². The molecule has 0 saturated carbocycles. The largest absolute Gasteiger partial charge is 0.472 e. The van der Waals surface area contributed by atoms with Crippen molar-refractivity contribution in [1.82, 2.24) is 0 Å². The summed E-state index contributed by atoms with van der Waals surface area (Å²) in [4.78, 5) is 2.34. The van der Waals surface area contributed by atoms with Gasteiger partial charge in [0.1, 0.15) is 11.6 Å². The van der Waals surface area contributed by atoms with Gasteiger partial charge in [0.25, 0.3) is 0 Å². The van der Waals surface area contributed by atoms with Crippen LogP contribution in [0.4, 0.5) is 10.1 Å². The van der Waals surface area contributed by atoms with Crippen LogP contribution in [0.2, 0.25) is 5.02 Å². The SMILES string of the molecule is CC1(C)c2cc(P)ccc2-c2c1c1c(c3cc(F)ccc23)OC(c2ccc(Cl)cc2)(c2ccc(N3CCOCC3)cc2)C=C1. The highest BCUT2D eigenvalue weighted by atomic mass is 35.5. The van der Waals surface area contributed by atoms with Crippen molar-refractivity contribution in [2.24, 2.45) is 0 Å². The number of hydrogen-bond acceptors (Lipinski definition) is 3. The molecule has 2 unspecified atom stereocenters. The summed E-state index contributed by atoms with van der Waals surface area (Å²) in [6.45, 7) is 7.74. The van der Waals surface area contributed by atoms with Crippen LogP contribution < -0.4 is 14.9 Å². The van der Waals surface area contributed by atoms with Crippen LogP contribution in [0, 0.1) is 5.82 Å². The number of fused-ring (bicyclic) bond motifs is 8. The Morgan fingerprint density at radius 1 is 0.841 bits per heavy atom. The molecule has 0 spiro atoms. The van der Waals surface area contributed by atoms with Crippen molar-refractivity contribution in [1.29, 1.82) is 0 Å². The van der Waals surface area contributed by atoms with E-state index in [1.54, 1.807) is 12.1 Å². The van der Waals surface area contributed by atoms with Crippen LogP contribution in [0.5, 0.6) is 5.75 Å². The van der Waals surface area contributed by atoms with E-state index in [4.69, 9.17) is 21.1 Å². The number of nitrogens with zero attached hydrogens (tertiary/aromatic N) is 1. The Morgan fingerprint density at radius 2 is 1.55 bits per heavy atom. The monoisotopic (exact) mass is 619 g/mol. The highest BCUT2D eigenvalue weighted by Gasteiger charge is 2.44. The molecule has 2 heterocycles. The van der Waals surface area contributed by atoms with E-state index in [0.717, 1.165) is 70.3 Å². The first-order valence-electron chi connectivity index (χ1n) is 15.0. The van der Waals surface area contributed by atoms with Crippen LogP contribution in [0.1, 0.15) is 41.7 Å². The molecule has 44 heavy (non-hydrogen) atoms. The van der Waals surface area contributed by atoms with Crippen LogP contribution in [0.3, 0.4) is 0 Å². The summed E-state index contributed by atoms with van der Waals surface area (Å²) >= 11 is 6.36. The summed E-state index contributed by atoms with van der Waals surface area (Å²) < 4.78 is 27.9. The van der Waals surface area contributed by atoms with Crippen molar-refractivity contribution in [3.63, 3.8) is 0 Å². The van der Waals surface area contributed by atoms with E-state index in [1.807, 2.05) is 30.3 Å². The van der Waals surface area contributed by atoms with Gasteiger partial charge >= 0.3 is 0 Å². The number of rotatable bonds is 3. The highest BCUT2D eigenvalue weighted by molar-refractivity contribution is 7.27. The molecule has 3 nitrogen and oxygen atoms in total. The summed E-state index contributed by atoms with van der Waals surface area (Å²) in [6, 6.07) is 28.1. The number of ether oxygens (including phenoxy) is 2. The van der Waals surface area contributed by atoms with E-state index in [1.165, 1.54) is 16.7 Å². The second kappa shape index (κ2) is 10.2. The lowest BCUT2D eigenvalue weighted by atomic mass is 9.77. The number of hydrogen-bond donors (Lipinski definition) is 0. The lowest BCUT2D eigenvalue weighted by Crippen LogP contribution is -2.37. The summed E-state index contributed by atoms with van der Waals surface area (Å²) in [7, 11) is 2.83. The smallest absolute Gasteiger partial charge is 0.178 e. The van der Waals surface area contributed by atoms with E-state index in [2.05, 4.69) is 82.6 Å². The van der Waals surface area contributed by atoms with Crippen molar-refractivity contribution < 1.29 is 13.9 Å². The molecule has 220 valence electrons. The lowest BCUT2D eigenvalue weighted by molar-refractivity contribution is 0.122. The second-order valence-corrected chi connectivity index (χ2v) is 13.5. The molecular formula is C38H32ClFNO2P. The average molecular weight is 620 g/mol. The van der Waals surface area contributed by atoms with Gasteiger partial charge in [0.15, 0.2) is 5.60 Å². The molecule has 5 aromatic rings. The Morgan fingerprint density at radius 3 is 2.27 bits per heavy atom. The van der Waals surface area contributed by atoms with Crippen LogP contribution in [0.25, 0.3) is 28.0 Å². The number of halogens is 2. The molecule has 6 heteroatoms. The molecule has 1 aliphatic carbocycles. The average Bonchev–Trinajstić information content (AvgIpc) is 3.27. The van der Waals surface area contributed by atoms with Crippen LogP contribution >= 0.6 is 20.8 Å². The fourth-order valence-electron chi connectivity index (χ4n) is 7.39. The Kier molecular flexibility index (Phi) is 6.43. The summed E-state index contributed by atoms with van der Waals surface area (Å²) in [5, 5.41) is 3.56. The molecule has 1 saturated heterocycles. The molecule has 1 fully saturated rings. The maximum Gasteiger partial charge on any atom is 0.178 e. The molecule has 5 aromatic carbocycles. The van der Waals surface area contributed by atoms with Crippen molar-refractivity contribution in [2.45, 2.75) is 24.9 Å². The number of anilines is 1. The van der Waals surface area contributed by atoms with E-state index < -0.39 is 5.60 Å². The summed E-state index contributed by atoms with van der Waals surface area (Å²) in [5.74, 6) is 0.405. The van der Waals surface area contributed by atoms with E-state index in [9.17, 15) is 0 Å². The number of morpholine rings is 1. The Balaban J connectivity index is 1.37. The quantitative estimate of drug-likeness (QED) is 0.189. The van der Waals surface area contributed by atoms with Crippen LogP contribution in [-0.2, 0) is 15.8 Å². The third-order valence-electron chi connectivity index (χ3n) is 9.56. The fraction of sp³-hybridized carbons (Fsp3) is 0.211. The minimum absolute atomic E-state index is 0.280. The van der Waals surface area contributed by atoms with Gasteiger partial charge < -0.3 is 14.4 Å². The molecule has 0 aromatic heterocycles. The van der Waals surface area contributed by atoms with Gasteiger partial charge in [-0.15, -0.1) is 9.24 Å². The molecule has 8 rings (SSSR count). The lowest BCUT2D eigenvalue weighted by Gasteiger charge is -2.38. The molecule has 2 aliphatic heterocycles. The first-order valence-corrected chi connectivity index (χ1v) is 16.0. The van der Waals surface area contributed by atoms with Crippen molar-refractivity contribution >= 4 is 48.7 Å². The molecule has 2 atom stereocenters. The molecule has 0 bridgehead atoms. The van der Waals surface area contributed by atoms with E-state index in [0.29, 0.717) is 10.8 Å². The molecule has 0 amide bonds. The van der Waals surface area contributed by atoms with Crippen molar-refractivity contribution in [2.75, 3.05) is 31.2 Å². The number of benzene rings is 5. The normalized spacial score (nSPS) is 19.8. The second-order valence-electron chi connectivity index (χ2n) is 12.4. The first kappa shape index (κ1) is 27.8. The van der Waals surface area contributed by atoms with Crippen molar-refractivity contribution in [3.05, 3.63) is 130 Å². The van der Waals surface area contributed by atoms with Gasteiger partial charge in [-0.3, -0.25) is 0 Å². The zero-order valence-electron chi connectivity index (χ0n) is 24.7. The van der Waals surface area contributed by atoms with Gasteiger partial charge in [-0.25, -0.2) is 4.39 Å². The molecule has 3 aliphatic rings. The maximum atomic E-state index is 15.1. The van der Waals surface area contributed by atoms with E-state index in [-0.39, 0.29) is 11.2 Å². The topological polar surface area (TPSA) is 21.7 Å². The minimum atomic E-state index is -0.947. The van der Waals surface area contributed by atoms with Gasteiger partial charge in [0, 0.05) is 51.3 Å². The van der Waals surface area contributed by atoms with Crippen LogP contribution in [0.15, 0.2) is 91.0 Å². The van der Waals surface area contributed by atoms with Gasteiger partial charge in [0.2, 0.25) is 0 Å². The predicted octanol–water partition coefficient (Wildman–Crippen LogP) is 8.63. The standard InChI is InChI=1S/C38H32ClFNO2P/c1-37(2)33-22-28(44)12-14-30(33)34-29-13-9-26(40)21-32(29)36-31(35(34)37)15-16-38(43-36,23-3-7-25(39)8-4-23)24-5-10-27(11-6-24)41-17-19-42-20-18-41/h3-16,21-22H,17-20,44H2,1-2H3. The summed E-state index contributed by atoms with van der Waals surface area (Å²) in [5.41, 5.74) is 7.68. The zero-order valence-corrected chi connectivity index (χ0v) is 26.6. The predicted molar refractivity (Wildman–Crippen MR) is 182 cm³/mol. The summed E-state index contributed by atoms with van der Waals surface area (Å²) in [6.07, 6.45) is 4.36. The third-order valence-corrected chi connectivity index (χ3v) is 10.2. The van der Waals surface area contributed by atoms with Crippen LogP contribution in [-0.4, -0.2) is 26.3 Å². The first-order chi connectivity index (χ1) is 21.3. The van der Waals surface area contributed by atoms with Crippen molar-refractivity contribution in [3.8, 4) is 16.9 Å². The van der Waals surface area contributed by atoms with Gasteiger partial charge in [-0.2, -0.15) is 0 Å². The molecule has 0 radical (unpaired) electrons. The van der Waals surface area contributed by atoms with Gasteiger partial charge in [-0.1, -0.05) is 80.1 Å². The van der Waals surface area contributed by atoms with Gasteiger partial charge in [0.05, 0.1) is 13.2 Å². The fourth-order valence-corrected chi connectivity index (χ4v) is 7.78. The highest BCUT2D eigenvalue weighted by Crippen LogP contribution is 2.58. The molecular weight excluding hydrogens is 588 g/mol. The zero-order chi connectivity index (χ0) is 30.2. The third kappa shape index (κ3) is 4.15. The van der Waals surface area contributed by atoms with E-state index >= 15 is 4.39 Å². The Bertz CT molecular complexity index is 1980. The minimum Gasteiger partial charge on any atom is -0.472 e. The van der Waals surface area contributed by atoms with Gasteiger partial charge in [-0.05, 0) is 75.4 Å². The molecule has 0 N–H and O–H groups in total. The maximum absolute atomic E-state index is 15.1. The Hall–Kier alpha value is -3.69.